The van der Waals surface area contributed by atoms with Gasteiger partial charge in [-0.3, -0.25) is 15.0 Å². The van der Waals surface area contributed by atoms with Gasteiger partial charge in [-0.05, 0) is 60.3 Å². The topological polar surface area (TPSA) is 58.6 Å². The zero-order valence-corrected chi connectivity index (χ0v) is 16.0. The van der Waals surface area contributed by atoms with Crippen LogP contribution >= 0.6 is 35.6 Å². The van der Waals surface area contributed by atoms with Gasteiger partial charge in [0, 0.05) is 10.6 Å². The molecule has 0 unspecified atom stereocenters. The third-order valence-corrected chi connectivity index (χ3v) is 5.04. The summed E-state index contributed by atoms with van der Waals surface area (Å²) in [4.78, 5) is 25.3. The molecule has 0 spiro atoms. The predicted molar refractivity (Wildman–Crippen MR) is 107 cm³/mol. The number of hydrogen-bond donors (Lipinski definition) is 1. The van der Waals surface area contributed by atoms with Crippen LogP contribution in [0.5, 0.6) is 5.75 Å². The van der Waals surface area contributed by atoms with E-state index in [1.165, 1.54) is 0 Å². The molecule has 132 valence electrons. The van der Waals surface area contributed by atoms with E-state index in [-0.39, 0.29) is 10.2 Å². The van der Waals surface area contributed by atoms with Crippen molar-refractivity contribution in [1.82, 2.24) is 10.4 Å². The van der Waals surface area contributed by atoms with Crippen molar-refractivity contribution in [1.29, 1.82) is 0 Å². The van der Waals surface area contributed by atoms with E-state index in [0.717, 1.165) is 22.3 Å². The Bertz CT molecular complexity index is 913. The van der Waals surface area contributed by atoms with Gasteiger partial charge in [-0.15, -0.1) is 0 Å². The number of carbonyl (C=O) groups excluding carboxylic acids is 2. The van der Waals surface area contributed by atoms with E-state index in [1.54, 1.807) is 55.7 Å². The Balaban J connectivity index is 1.75. The molecule has 0 aliphatic carbocycles. The number of thioether (sulfide) groups is 1. The summed E-state index contributed by atoms with van der Waals surface area (Å²) in [5.41, 5.74) is 3.70. The van der Waals surface area contributed by atoms with Gasteiger partial charge in [-0.25, -0.2) is 0 Å². The van der Waals surface area contributed by atoms with Crippen molar-refractivity contribution in [3.8, 4) is 5.75 Å². The average Bonchev–Trinajstić information content (AvgIpc) is 2.89. The standard InChI is InChI=1S/C18H13ClN2O3S2/c1-24-14-7-5-12(6-8-14)16(22)20-21-17(23)15(26-18(21)25)10-11-3-2-4-13(19)9-11/h2-10H,1H3,(H,20,22)/b15-10+. The first-order valence-electron chi connectivity index (χ1n) is 7.46. The van der Waals surface area contributed by atoms with Crippen LogP contribution in [0.4, 0.5) is 0 Å². The fraction of sp³-hybridized carbons (Fsp3) is 0.0556. The van der Waals surface area contributed by atoms with Gasteiger partial charge < -0.3 is 4.74 Å². The number of methoxy groups -OCH3 is 1. The number of halogens is 1. The van der Waals surface area contributed by atoms with Crippen LogP contribution in [-0.4, -0.2) is 28.3 Å². The highest BCUT2D eigenvalue weighted by Gasteiger charge is 2.33. The molecule has 1 heterocycles. The third-order valence-electron chi connectivity index (χ3n) is 3.51. The fourth-order valence-corrected chi connectivity index (χ4v) is 3.60. The molecule has 0 atom stereocenters. The molecule has 0 aromatic heterocycles. The molecule has 0 bridgehead atoms. The smallest absolute Gasteiger partial charge is 0.285 e. The molecule has 2 aromatic rings. The molecule has 5 nitrogen and oxygen atoms in total. The number of hydrogen-bond acceptors (Lipinski definition) is 5. The first-order chi connectivity index (χ1) is 12.5. The lowest BCUT2D eigenvalue weighted by Crippen LogP contribution is -2.44. The molecule has 2 aromatic carbocycles. The largest absolute Gasteiger partial charge is 0.497 e. The molecule has 1 saturated heterocycles. The van der Waals surface area contributed by atoms with Gasteiger partial charge in [0.25, 0.3) is 11.8 Å². The Morgan fingerprint density at radius 2 is 2.00 bits per heavy atom. The summed E-state index contributed by atoms with van der Waals surface area (Å²) in [6, 6.07) is 13.6. The van der Waals surface area contributed by atoms with E-state index in [9.17, 15) is 9.59 Å². The Hall–Kier alpha value is -2.35. The van der Waals surface area contributed by atoms with Gasteiger partial charge >= 0.3 is 0 Å². The second kappa shape index (κ2) is 7.90. The number of hydrazine groups is 1. The van der Waals surface area contributed by atoms with Crippen LogP contribution in [0.2, 0.25) is 5.02 Å². The van der Waals surface area contributed by atoms with Crippen molar-refractivity contribution in [2.24, 2.45) is 0 Å². The second-order valence-corrected chi connectivity index (χ2v) is 7.35. The Labute approximate surface area is 164 Å². The number of rotatable bonds is 4. The monoisotopic (exact) mass is 404 g/mol. The van der Waals surface area contributed by atoms with Crippen molar-refractivity contribution in [2.75, 3.05) is 7.11 Å². The van der Waals surface area contributed by atoms with Gasteiger partial charge in [0.1, 0.15) is 5.75 Å². The van der Waals surface area contributed by atoms with Gasteiger partial charge in [0.2, 0.25) is 0 Å². The van der Waals surface area contributed by atoms with Crippen LogP contribution < -0.4 is 10.2 Å². The number of nitrogens with zero attached hydrogens (tertiary/aromatic N) is 1. The van der Waals surface area contributed by atoms with E-state index in [4.69, 9.17) is 28.6 Å². The molecule has 0 saturated carbocycles. The molecule has 1 fully saturated rings. The molecule has 8 heteroatoms. The highest BCUT2D eigenvalue weighted by Crippen LogP contribution is 2.31. The minimum Gasteiger partial charge on any atom is -0.497 e. The summed E-state index contributed by atoms with van der Waals surface area (Å²) >= 11 is 12.3. The van der Waals surface area contributed by atoms with E-state index in [1.807, 2.05) is 6.07 Å². The first-order valence-corrected chi connectivity index (χ1v) is 9.07. The molecule has 1 N–H and O–H groups in total. The first kappa shape index (κ1) is 18.4. The van der Waals surface area contributed by atoms with Crippen molar-refractivity contribution in [2.45, 2.75) is 0 Å². The summed E-state index contributed by atoms with van der Waals surface area (Å²) in [5.74, 6) is -0.189. The maximum absolute atomic E-state index is 12.6. The van der Waals surface area contributed by atoms with Crippen LogP contribution in [0.1, 0.15) is 15.9 Å². The van der Waals surface area contributed by atoms with Crippen LogP contribution in [0, 0.1) is 0 Å². The summed E-state index contributed by atoms with van der Waals surface area (Å²) < 4.78 is 5.31. The van der Waals surface area contributed by atoms with Gasteiger partial charge in [-0.2, -0.15) is 5.01 Å². The lowest BCUT2D eigenvalue weighted by Gasteiger charge is -2.15. The molecule has 3 rings (SSSR count). The molecule has 26 heavy (non-hydrogen) atoms. The van der Waals surface area contributed by atoms with Crippen molar-refractivity contribution in [3.63, 3.8) is 0 Å². The van der Waals surface area contributed by atoms with Crippen LogP contribution in [0.25, 0.3) is 6.08 Å². The number of thiocarbonyl (C=S) groups is 1. The Morgan fingerprint density at radius 1 is 1.27 bits per heavy atom. The fourth-order valence-electron chi connectivity index (χ4n) is 2.22. The Morgan fingerprint density at radius 3 is 2.65 bits per heavy atom. The van der Waals surface area contributed by atoms with Crippen molar-refractivity contribution in [3.05, 3.63) is 69.6 Å². The maximum atomic E-state index is 12.6. The summed E-state index contributed by atoms with van der Waals surface area (Å²) in [6.45, 7) is 0. The summed E-state index contributed by atoms with van der Waals surface area (Å²) in [7, 11) is 1.54. The molecule has 1 aliphatic rings. The molecule has 2 amide bonds. The zero-order chi connectivity index (χ0) is 18.7. The predicted octanol–water partition coefficient (Wildman–Crippen LogP) is 3.89. The Kier molecular flexibility index (Phi) is 5.61. The second-order valence-electron chi connectivity index (χ2n) is 5.24. The SMILES string of the molecule is COc1ccc(C(=O)NN2C(=O)/C(=C\c3cccc(Cl)c3)SC2=S)cc1. The van der Waals surface area contributed by atoms with E-state index < -0.39 is 5.91 Å². The average molecular weight is 405 g/mol. The van der Waals surface area contributed by atoms with Crippen LogP contribution in [0.3, 0.4) is 0 Å². The van der Waals surface area contributed by atoms with Crippen molar-refractivity contribution < 1.29 is 14.3 Å². The highest BCUT2D eigenvalue weighted by molar-refractivity contribution is 8.26. The number of benzene rings is 2. The highest BCUT2D eigenvalue weighted by atomic mass is 35.5. The van der Waals surface area contributed by atoms with Crippen molar-refractivity contribution >= 4 is 57.8 Å². The number of amides is 2. The van der Waals surface area contributed by atoms with E-state index in [2.05, 4.69) is 5.43 Å². The lowest BCUT2D eigenvalue weighted by atomic mass is 10.2. The third kappa shape index (κ3) is 4.07. The quantitative estimate of drug-likeness (QED) is 0.618. The molecule has 0 radical (unpaired) electrons. The molecular formula is C18H13ClN2O3S2. The van der Waals surface area contributed by atoms with Gasteiger partial charge in [-0.1, -0.05) is 35.5 Å². The van der Waals surface area contributed by atoms with Crippen LogP contribution in [0.15, 0.2) is 53.4 Å². The van der Waals surface area contributed by atoms with E-state index in [0.29, 0.717) is 21.2 Å². The lowest BCUT2D eigenvalue weighted by molar-refractivity contribution is -0.123. The zero-order valence-electron chi connectivity index (χ0n) is 13.6. The van der Waals surface area contributed by atoms with Gasteiger partial charge in [0.05, 0.1) is 12.0 Å². The molecule has 1 aliphatic heterocycles. The number of ether oxygens (including phenoxy) is 1. The normalized spacial score (nSPS) is 15.5. The van der Waals surface area contributed by atoms with Gasteiger partial charge in [0.15, 0.2) is 4.32 Å². The number of nitrogens with one attached hydrogen (secondary N) is 1. The van der Waals surface area contributed by atoms with E-state index >= 15 is 0 Å². The summed E-state index contributed by atoms with van der Waals surface area (Å²) in [6.07, 6.45) is 1.69. The summed E-state index contributed by atoms with van der Waals surface area (Å²) in [5, 5.41) is 1.64. The van der Waals surface area contributed by atoms with Crippen LogP contribution in [-0.2, 0) is 4.79 Å². The maximum Gasteiger partial charge on any atom is 0.285 e. The number of carbonyl (C=O) groups is 2. The minimum atomic E-state index is -0.437. The minimum absolute atomic E-state index is 0.255. The molecular weight excluding hydrogens is 392 g/mol.